The van der Waals surface area contributed by atoms with Gasteiger partial charge in [-0.1, -0.05) is 0 Å². The Kier molecular flexibility index (Phi) is 7.19. The van der Waals surface area contributed by atoms with Crippen molar-refractivity contribution in [2.45, 2.75) is 33.2 Å². The Hall–Kier alpha value is -2.36. The van der Waals surface area contributed by atoms with Gasteiger partial charge < -0.3 is 18.3 Å². The smallest absolute Gasteiger partial charge is 0.437 e. The number of furan rings is 1. The molecular formula is C16H19BrN2O7. The Morgan fingerprint density at radius 1 is 1.19 bits per heavy atom. The van der Waals surface area contributed by atoms with Crippen LogP contribution in [0.4, 0.5) is 0 Å². The normalized spacial score (nSPS) is 10.9. The average molecular weight is 431 g/mol. The maximum Gasteiger partial charge on any atom is 0.437 e. The first-order valence-electron chi connectivity index (χ1n) is 8.13. The second-order valence-corrected chi connectivity index (χ2v) is 5.98. The lowest BCUT2D eigenvalue weighted by Gasteiger charge is -2.13. The van der Waals surface area contributed by atoms with E-state index in [1.165, 1.54) is 0 Å². The molecule has 0 N–H and O–H groups in total. The molecule has 0 saturated carbocycles. The summed E-state index contributed by atoms with van der Waals surface area (Å²) in [4.78, 5) is 35.7. The minimum atomic E-state index is -1.03. The van der Waals surface area contributed by atoms with Gasteiger partial charge in [-0.2, -0.15) is 4.68 Å². The number of nitrogens with zero attached hydrogens (tertiary/aromatic N) is 2. The summed E-state index contributed by atoms with van der Waals surface area (Å²) in [5.41, 5.74) is 0. The molecule has 0 bridgehead atoms. The topological polar surface area (TPSA) is 114 Å². The van der Waals surface area contributed by atoms with Crippen molar-refractivity contribution in [2.75, 3.05) is 13.2 Å². The summed E-state index contributed by atoms with van der Waals surface area (Å²) in [5.74, 6) is -2.61. The molecule has 0 atom stereocenters. The first-order valence-corrected chi connectivity index (χ1v) is 8.92. The maximum absolute atomic E-state index is 11.9. The van der Waals surface area contributed by atoms with Gasteiger partial charge in [-0.15, -0.1) is 5.10 Å². The molecule has 10 heteroatoms. The molecule has 2 aromatic heterocycles. The molecule has 0 radical (unpaired) electrons. The molecule has 0 aliphatic rings. The molecule has 0 fully saturated rings. The Morgan fingerprint density at radius 2 is 1.85 bits per heavy atom. The third-order valence-electron chi connectivity index (χ3n) is 3.40. The van der Waals surface area contributed by atoms with Gasteiger partial charge in [-0.05, 0) is 54.8 Å². The largest absolute Gasteiger partial charge is 0.465 e. The molecule has 2 aromatic rings. The number of carbonyl (C=O) groups excluding carboxylic acids is 2. The summed E-state index contributed by atoms with van der Waals surface area (Å²) in [7, 11) is 0. The summed E-state index contributed by atoms with van der Waals surface area (Å²) < 4.78 is 21.7. The van der Waals surface area contributed by atoms with Crippen LogP contribution in [0.2, 0.25) is 0 Å². The molecule has 0 amide bonds. The van der Waals surface area contributed by atoms with E-state index in [0.29, 0.717) is 16.9 Å². The number of hydrogen-bond donors (Lipinski definition) is 0. The predicted molar refractivity (Wildman–Crippen MR) is 92.2 cm³/mol. The highest BCUT2D eigenvalue weighted by atomic mass is 79.9. The van der Waals surface area contributed by atoms with Crippen LogP contribution in [0.5, 0.6) is 0 Å². The molecule has 2 rings (SSSR count). The van der Waals surface area contributed by atoms with E-state index >= 15 is 0 Å². The van der Waals surface area contributed by atoms with Crippen LogP contribution in [0.3, 0.4) is 0 Å². The SMILES string of the molecule is CCOC(=O)C(CCCn1nc(-c2ccc(Br)o2)oc1=O)C(=O)OCC. The van der Waals surface area contributed by atoms with E-state index in [4.69, 9.17) is 18.3 Å². The van der Waals surface area contributed by atoms with E-state index in [0.717, 1.165) is 4.68 Å². The zero-order valence-electron chi connectivity index (χ0n) is 14.4. The molecule has 0 aromatic carbocycles. The van der Waals surface area contributed by atoms with Gasteiger partial charge in [0, 0.05) is 6.54 Å². The molecule has 0 spiro atoms. The fourth-order valence-corrected chi connectivity index (χ4v) is 2.55. The molecule has 26 heavy (non-hydrogen) atoms. The van der Waals surface area contributed by atoms with Crippen LogP contribution in [0.15, 0.2) is 30.4 Å². The number of halogens is 1. The van der Waals surface area contributed by atoms with Crippen molar-refractivity contribution in [1.82, 2.24) is 9.78 Å². The molecule has 0 aliphatic heterocycles. The monoisotopic (exact) mass is 430 g/mol. The van der Waals surface area contributed by atoms with Crippen molar-refractivity contribution in [2.24, 2.45) is 5.92 Å². The highest BCUT2D eigenvalue weighted by Gasteiger charge is 2.29. The summed E-state index contributed by atoms with van der Waals surface area (Å²) >= 11 is 3.16. The first kappa shape index (κ1) is 20.0. The van der Waals surface area contributed by atoms with Gasteiger partial charge in [-0.3, -0.25) is 9.59 Å². The van der Waals surface area contributed by atoms with Crippen LogP contribution in [0.25, 0.3) is 11.7 Å². The van der Waals surface area contributed by atoms with Crippen molar-refractivity contribution < 1.29 is 27.9 Å². The van der Waals surface area contributed by atoms with Crippen LogP contribution >= 0.6 is 15.9 Å². The first-order chi connectivity index (χ1) is 12.5. The number of carbonyl (C=O) groups is 2. The summed E-state index contributed by atoms with van der Waals surface area (Å²) in [6.07, 6.45) is 0.495. The van der Waals surface area contributed by atoms with E-state index in [1.54, 1.807) is 26.0 Å². The molecule has 9 nitrogen and oxygen atoms in total. The van der Waals surface area contributed by atoms with E-state index in [2.05, 4.69) is 21.0 Å². The van der Waals surface area contributed by atoms with Crippen LogP contribution in [0, 0.1) is 5.92 Å². The standard InChI is InChI=1S/C16H19BrN2O7/c1-3-23-14(20)10(15(21)24-4-2)6-5-9-19-16(22)26-13(18-19)11-7-8-12(17)25-11/h7-8,10H,3-6,9H2,1-2H3. The molecule has 0 unspecified atom stereocenters. The number of hydrogen-bond acceptors (Lipinski definition) is 8. The Bertz CT molecular complexity index is 790. The summed E-state index contributed by atoms with van der Waals surface area (Å²) in [6, 6.07) is 3.26. The van der Waals surface area contributed by atoms with Crippen molar-refractivity contribution in [3.63, 3.8) is 0 Å². The van der Waals surface area contributed by atoms with Gasteiger partial charge >= 0.3 is 17.7 Å². The van der Waals surface area contributed by atoms with Crippen molar-refractivity contribution in [3.8, 4) is 11.7 Å². The number of ether oxygens (including phenoxy) is 2. The third kappa shape index (κ3) is 5.07. The second-order valence-electron chi connectivity index (χ2n) is 5.20. The van der Waals surface area contributed by atoms with Gasteiger partial charge in [0.1, 0.15) is 0 Å². The lowest BCUT2D eigenvalue weighted by atomic mass is 10.0. The molecule has 0 saturated heterocycles. The fourth-order valence-electron chi connectivity index (χ4n) is 2.24. The molecule has 0 aliphatic carbocycles. The van der Waals surface area contributed by atoms with Crippen molar-refractivity contribution >= 4 is 27.9 Å². The van der Waals surface area contributed by atoms with Gasteiger partial charge in [-0.25, -0.2) is 4.79 Å². The molecular weight excluding hydrogens is 412 g/mol. The summed E-state index contributed by atoms with van der Waals surface area (Å²) in [6.45, 7) is 3.81. The number of esters is 2. The van der Waals surface area contributed by atoms with Gasteiger partial charge in [0.15, 0.2) is 16.3 Å². The van der Waals surface area contributed by atoms with Gasteiger partial charge in [0.2, 0.25) is 0 Å². The zero-order chi connectivity index (χ0) is 19.1. The van der Waals surface area contributed by atoms with Gasteiger partial charge in [0.05, 0.1) is 13.2 Å². The van der Waals surface area contributed by atoms with Gasteiger partial charge in [0.25, 0.3) is 5.89 Å². The minimum absolute atomic E-state index is 0.0491. The quantitative estimate of drug-likeness (QED) is 0.439. The Balaban J connectivity index is 2.00. The Morgan fingerprint density at radius 3 is 2.38 bits per heavy atom. The van der Waals surface area contributed by atoms with E-state index < -0.39 is 23.6 Å². The number of aryl methyl sites for hydroxylation is 1. The number of rotatable bonds is 9. The Labute approximate surface area is 157 Å². The van der Waals surface area contributed by atoms with E-state index in [1.807, 2.05) is 0 Å². The maximum atomic E-state index is 11.9. The van der Waals surface area contributed by atoms with Crippen molar-refractivity contribution in [3.05, 3.63) is 27.4 Å². The lowest BCUT2D eigenvalue weighted by Crippen LogP contribution is -2.29. The lowest BCUT2D eigenvalue weighted by molar-refractivity contribution is -0.162. The minimum Gasteiger partial charge on any atom is -0.465 e. The molecule has 142 valence electrons. The second kappa shape index (κ2) is 9.37. The summed E-state index contributed by atoms with van der Waals surface area (Å²) in [5, 5.41) is 4.04. The van der Waals surface area contributed by atoms with Crippen LogP contribution < -0.4 is 5.76 Å². The number of aromatic nitrogens is 2. The highest BCUT2D eigenvalue weighted by Crippen LogP contribution is 2.22. The van der Waals surface area contributed by atoms with E-state index in [9.17, 15) is 14.4 Å². The predicted octanol–water partition coefficient (Wildman–Crippen LogP) is 2.38. The average Bonchev–Trinajstić information content (AvgIpc) is 3.18. The van der Waals surface area contributed by atoms with Crippen LogP contribution in [-0.4, -0.2) is 34.9 Å². The van der Waals surface area contributed by atoms with Crippen LogP contribution in [-0.2, 0) is 25.6 Å². The third-order valence-corrected chi connectivity index (χ3v) is 3.82. The zero-order valence-corrected chi connectivity index (χ0v) is 16.0. The fraction of sp³-hybridized carbons (Fsp3) is 0.500. The molecule has 2 heterocycles. The van der Waals surface area contributed by atoms with Crippen LogP contribution in [0.1, 0.15) is 26.7 Å². The van der Waals surface area contributed by atoms with E-state index in [-0.39, 0.29) is 32.1 Å². The van der Waals surface area contributed by atoms with Crippen molar-refractivity contribution in [1.29, 1.82) is 0 Å². The highest BCUT2D eigenvalue weighted by molar-refractivity contribution is 9.10.